The van der Waals surface area contributed by atoms with Gasteiger partial charge in [-0.05, 0) is 63.4 Å². The minimum absolute atomic E-state index is 0.0936. The zero-order chi connectivity index (χ0) is 24.8. The molecule has 2 heterocycles. The number of rotatable bonds is 8. The van der Waals surface area contributed by atoms with Gasteiger partial charge in [0, 0.05) is 29.8 Å². The van der Waals surface area contributed by atoms with Crippen LogP contribution in [0.3, 0.4) is 0 Å². The molecule has 34 heavy (non-hydrogen) atoms. The van der Waals surface area contributed by atoms with Gasteiger partial charge < -0.3 is 9.30 Å². The molecule has 176 valence electrons. The highest BCUT2D eigenvalue weighted by Gasteiger charge is 2.15. The summed E-state index contributed by atoms with van der Waals surface area (Å²) in [6.07, 6.45) is 1.66. The molecule has 0 aliphatic carbocycles. The summed E-state index contributed by atoms with van der Waals surface area (Å²) < 4.78 is 7.39. The molecule has 1 amide bonds. The first-order chi connectivity index (χ1) is 16.3. The lowest BCUT2D eigenvalue weighted by atomic mass is 10.1. The molecule has 0 bridgehead atoms. The number of pyridine rings is 1. The van der Waals surface area contributed by atoms with E-state index in [2.05, 4.69) is 71.2 Å². The van der Waals surface area contributed by atoms with Gasteiger partial charge in [0.2, 0.25) is 5.91 Å². The topological polar surface area (TPSA) is 92.3 Å². The fraction of sp³-hybridized carbons (Fsp3) is 0.308. The Hall–Kier alpha value is -3.41. The number of nitriles is 1. The Kier molecular flexibility index (Phi) is 8.26. The van der Waals surface area contributed by atoms with Crippen LogP contribution in [-0.2, 0) is 16.1 Å². The number of nitrogens with one attached hydrogen (secondary N) is 1. The number of carbonyl (C=O) groups excluding carboxylic acids is 1. The van der Waals surface area contributed by atoms with Crippen LogP contribution >= 0.6 is 11.8 Å². The molecule has 1 aromatic carbocycles. The van der Waals surface area contributed by atoms with E-state index in [1.54, 1.807) is 13.3 Å². The van der Waals surface area contributed by atoms with Gasteiger partial charge in [0.1, 0.15) is 11.1 Å². The molecule has 2 aromatic heterocycles. The number of hydrazone groups is 1. The number of aromatic nitrogens is 2. The maximum absolute atomic E-state index is 12.4. The second kappa shape index (κ2) is 11.1. The van der Waals surface area contributed by atoms with Gasteiger partial charge in [0.05, 0.1) is 29.8 Å². The first kappa shape index (κ1) is 25.2. The van der Waals surface area contributed by atoms with E-state index >= 15 is 0 Å². The van der Waals surface area contributed by atoms with Crippen molar-refractivity contribution in [1.29, 1.82) is 5.26 Å². The Morgan fingerprint density at radius 1 is 1.24 bits per heavy atom. The summed E-state index contributed by atoms with van der Waals surface area (Å²) in [5.41, 5.74) is 11.2. The van der Waals surface area contributed by atoms with E-state index in [1.807, 2.05) is 19.9 Å². The molecule has 0 saturated carbocycles. The normalized spacial score (nSPS) is 11.1. The van der Waals surface area contributed by atoms with E-state index < -0.39 is 0 Å². The number of benzene rings is 1. The van der Waals surface area contributed by atoms with Gasteiger partial charge in [-0.1, -0.05) is 30.0 Å². The number of methoxy groups -OCH3 is 1. The first-order valence-electron chi connectivity index (χ1n) is 10.9. The fourth-order valence-electron chi connectivity index (χ4n) is 3.96. The molecule has 0 fully saturated rings. The number of hydrogen-bond acceptors (Lipinski definition) is 6. The summed E-state index contributed by atoms with van der Waals surface area (Å²) in [6.45, 7) is 10.5. The average molecular weight is 476 g/mol. The number of nitrogens with zero attached hydrogens (tertiary/aromatic N) is 4. The number of thioether (sulfide) groups is 1. The van der Waals surface area contributed by atoms with Crippen LogP contribution < -0.4 is 5.43 Å². The number of hydrogen-bond donors (Lipinski definition) is 1. The van der Waals surface area contributed by atoms with Crippen molar-refractivity contribution in [2.75, 3.05) is 12.9 Å². The highest BCUT2D eigenvalue weighted by atomic mass is 32.2. The molecular weight excluding hydrogens is 446 g/mol. The SMILES string of the molecule is COCc1cc(C)nc(SCC(=O)N/N=C/c2cc(C)n(-c3c(C)cccc3C)c2C)c1C#N. The van der Waals surface area contributed by atoms with Crippen LogP contribution in [0.5, 0.6) is 0 Å². The van der Waals surface area contributed by atoms with Crippen molar-refractivity contribution in [1.82, 2.24) is 15.0 Å². The van der Waals surface area contributed by atoms with Crippen LogP contribution in [0.1, 0.15) is 44.9 Å². The molecule has 0 aliphatic heterocycles. The molecule has 0 unspecified atom stereocenters. The molecule has 0 spiro atoms. The average Bonchev–Trinajstić information content (AvgIpc) is 3.05. The third-order valence-electron chi connectivity index (χ3n) is 5.47. The van der Waals surface area contributed by atoms with E-state index in [4.69, 9.17) is 4.74 Å². The zero-order valence-electron chi connectivity index (χ0n) is 20.4. The summed E-state index contributed by atoms with van der Waals surface area (Å²) >= 11 is 1.21. The maximum Gasteiger partial charge on any atom is 0.250 e. The summed E-state index contributed by atoms with van der Waals surface area (Å²) in [5, 5.41) is 14.2. The van der Waals surface area contributed by atoms with Gasteiger partial charge in [-0.15, -0.1) is 0 Å². The number of ether oxygens (including phenoxy) is 1. The Bertz CT molecular complexity index is 1270. The standard InChI is InChI=1S/C26H29N5O2S/c1-16-8-7-9-17(2)25(16)31-19(4)11-21(20(31)5)13-28-30-24(32)15-34-26-23(12-27)22(14-33-6)10-18(3)29-26/h7-11,13H,14-15H2,1-6H3,(H,30,32)/b28-13+. The maximum atomic E-state index is 12.4. The van der Waals surface area contributed by atoms with E-state index in [-0.39, 0.29) is 11.7 Å². The van der Waals surface area contributed by atoms with Gasteiger partial charge in [-0.3, -0.25) is 4.79 Å². The Labute approximate surface area is 204 Å². The van der Waals surface area contributed by atoms with Crippen molar-refractivity contribution in [2.24, 2.45) is 5.10 Å². The summed E-state index contributed by atoms with van der Waals surface area (Å²) in [4.78, 5) is 16.8. The van der Waals surface area contributed by atoms with Gasteiger partial charge >= 0.3 is 0 Å². The molecule has 0 radical (unpaired) electrons. The Balaban J connectivity index is 1.70. The fourth-order valence-corrected chi connectivity index (χ4v) is 4.83. The zero-order valence-corrected chi connectivity index (χ0v) is 21.2. The smallest absolute Gasteiger partial charge is 0.250 e. The lowest BCUT2D eigenvalue weighted by Gasteiger charge is -2.15. The van der Waals surface area contributed by atoms with E-state index in [0.29, 0.717) is 17.2 Å². The Morgan fingerprint density at radius 2 is 1.94 bits per heavy atom. The summed E-state index contributed by atoms with van der Waals surface area (Å²) in [5.74, 6) is -0.179. The minimum atomic E-state index is -0.273. The summed E-state index contributed by atoms with van der Waals surface area (Å²) in [7, 11) is 1.58. The van der Waals surface area contributed by atoms with E-state index in [0.717, 1.165) is 28.2 Å². The Morgan fingerprint density at radius 3 is 2.59 bits per heavy atom. The minimum Gasteiger partial charge on any atom is -0.380 e. The number of para-hydroxylation sites is 1. The van der Waals surface area contributed by atoms with Crippen LogP contribution in [0.15, 0.2) is 40.5 Å². The van der Waals surface area contributed by atoms with Gasteiger partial charge in [0.15, 0.2) is 0 Å². The molecule has 3 aromatic rings. The van der Waals surface area contributed by atoms with Crippen LogP contribution in [0, 0.1) is 45.9 Å². The van der Waals surface area contributed by atoms with Gasteiger partial charge in [-0.2, -0.15) is 10.4 Å². The van der Waals surface area contributed by atoms with Crippen molar-refractivity contribution < 1.29 is 9.53 Å². The van der Waals surface area contributed by atoms with Crippen LogP contribution in [0.4, 0.5) is 0 Å². The van der Waals surface area contributed by atoms with E-state index in [1.165, 1.54) is 28.6 Å². The molecule has 8 heteroatoms. The second-order valence-corrected chi connectivity index (χ2v) is 9.10. The van der Waals surface area contributed by atoms with Crippen LogP contribution in [0.25, 0.3) is 5.69 Å². The predicted octanol–water partition coefficient (Wildman–Crippen LogP) is 4.67. The molecular formula is C26H29N5O2S. The van der Waals surface area contributed by atoms with Crippen molar-refractivity contribution in [3.05, 3.63) is 75.2 Å². The third-order valence-corrected chi connectivity index (χ3v) is 6.45. The third kappa shape index (κ3) is 5.56. The number of carbonyl (C=O) groups is 1. The van der Waals surface area contributed by atoms with Crippen LogP contribution in [0.2, 0.25) is 0 Å². The van der Waals surface area contributed by atoms with Crippen molar-refractivity contribution in [3.63, 3.8) is 0 Å². The van der Waals surface area contributed by atoms with Crippen molar-refractivity contribution in [3.8, 4) is 11.8 Å². The molecule has 0 aliphatic rings. The van der Waals surface area contributed by atoms with Crippen LogP contribution in [-0.4, -0.2) is 34.5 Å². The monoisotopic (exact) mass is 475 g/mol. The predicted molar refractivity (Wildman–Crippen MR) is 136 cm³/mol. The van der Waals surface area contributed by atoms with Gasteiger partial charge in [-0.25, -0.2) is 10.4 Å². The first-order valence-corrected chi connectivity index (χ1v) is 11.8. The van der Waals surface area contributed by atoms with Gasteiger partial charge in [0.25, 0.3) is 0 Å². The number of amides is 1. The van der Waals surface area contributed by atoms with Crippen molar-refractivity contribution in [2.45, 2.75) is 46.3 Å². The van der Waals surface area contributed by atoms with Crippen molar-refractivity contribution >= 4 is 23.9 Å². The largest absolute Gasteiger partial charge is 0.380 e. The lowest BCUT2D eigenvalue weighted by Crippen LogP contribution is -2.20. The highest BCUT2D eigenvalue weighted by Crippen LogP contribution is 2.26. The van der Waals surface area contributed by atoms with E-state index in [9.17, 15) is 10.1 Å². The molecule has 1 N–H and O–H groups in total. The molecule has 7 nitrogen and oxygen atoms in total. The highest BCUT2D eigenvalue weighted by molar-refractivity contribution is 8.00. The second-order valence-electron chi connectivity index (χ2n) is 8.13. The lowest BCUT2D eigenvalue weighted by molar-refractivity contribution is -0.118. The summed E-state index contributed by atoms with van der Waals surface area (Å²) in [6, 6.07) is 12.3. The number of aryl methyl sites for hydroxylation is 4. The molecule has 0 saturated heterocycles. The quantitative estimate of drug-likeness (QED) is 0.290. The molecule has 3 rings (SSSR count). The molecule has 0 atom stereocenters.